The van der Waals surface area contributed by atoms with Gasteiger partial charge in [0.2, 0.25) is 0 Å². The third-order valence-electron chi connectivity index (χ3n) is 5.51. The summed E-state index contributed by atoms with van der Waals surface area (Å²) in [5.41, 5.74) is 6.27. The highest BCUT2D eigenvalue weighted by molar-refractivity contribution is 5.85. The minimum Gasteiger partial charge on any atom is -0.504 e. The van der Waals surface area contributed by atoms with Gasteiger partial charge in [0.1, 0.15) is 0 Å². The van der Waals surface area contributed by atoms with Gasteiger partial charge in [-0.15, -0.1) is 0 Å². The molecule has 0 atom stereocenters. The molecule has 2 aromatic rings. The molecule has 6 heteroatoms. The van der Waals surface area contributed by atoms with Crippen molar-refractivity contribution in [1.82, 2.24) is 9.88 Å². The lowest BCUT2D eigenvalue weighted by atomic mass is 9.88. The summed E-state index contributed by atoms with van der Waals surface area (Å²) in [6, 6.07) is 7.33. The summed E-state index contributed by atoms with van der Waals surface area (Å²) >= 11 is 0. The van der Waals surface area contributed by atoms with Gasteiger partial charge in [-0.3, -0.25) is 4.98 Å². The second kappa shape index (κ2) is 7.54. The molecule has 1 amide bonds. The third-order valence-corrected chi connectivity index (χ3v) is 5.51. The lowest BCUT2D eigenvalue weighted by Gasteiger charge is -2.29. The Bertz CT molecular complexity index is 942. The summed E-state index contributed by atoms with van der Waals surface area (Å²) in [5.74, 6) is -0.223. The summed E-state index contributed by atoms with van der Waals surface area (Å²) in [4.78, 5) is 18.4. The van der Waals surface area contributed by atoms with E-state index in [0.717, 1.165) is 53.6 Å². The van der Waals surface area contributed by atoms with E-state index in [-0.39, 0.29) is 17.6 Å². The molecule has 2 heterocycles. The van der Waals surface area contributed by atoms with Crippen LogP contribution < -0.4 is 0 Å². The van der Waals surface area contributed by atoms with Crippen molar-refractivity contribution in [3.05, 3.63) is 58.4 Å². The van der Waals surface area contributed by atoms with Crippen LogP contribution in [0, 0.1) is 0 Å². The fourth-order valence-electron chi connectivity index (χ4n) is 4.10. The fraction of sp³-hybridized carbons (Fsp3) is 0.364. The number of ether oxygens (including phenoxy) is 1. The first-order chi connectivity index (χ1) is 13.6. The summed E-state index contributed by atoms with van der Waals surface area (Å²) in [6.45, 7) is 3.37. The molecule has 1 aliphatic carbocycles. The van der Waals surface area contributed by atoms with Crippen molar-refractivity contribution >= 4 is 11.7 Å². The maximum atomic E-state index is 12.0. The highest BCUT2D eigenvalue weighted by atomic mass is 16.6. The van der Waals surface area contributed by atoms with Gasteiger partial charge >= 0.3 is 6.09 Å². The zero-order valence-electron chi connectivity index (χ0n) is 15.9. The van der Waals surface area contributed by atoms with Crippen LogP contribution in [-0.4, -0.2) is 45.9 Å². The minimum absolute atomic E-state index is 0.0980. The van der Waals surface area contributed by atoms with E-state index in [2.05, 4.69) is 11.1 Å². The summed E-state index contributed by atoms with van der Waals surface area (Å²) in [6.07, 6.45) is 4.57. The Morgan fingerprint density at radius 2 is 1.82 bits per heavy atom. The van der Waals surface area contributed by atoms with Crippen molar-refractivity contribution in [2.45, 2.75) is 32.6 Å². The van der Waals surface area contributed by atoms with E-state index in [4.69, 9.17) is 4.74 Å². The van der Waals surface area contributed by atoms with Crippen molar-refractivity contribution in [3.63, 3.8) is 0 Å². The molecule has 2 N–H and O–H groups in total. The van der Waals surface area contributed by atoms with Crippen LogP contribution in [0.5, 0.6) is 11.5 Å². The van der Waals surface area contributed by atoms with Crippen LogP contribution in [0.25, 0.3) is 5.57 Å². The van der Waals surface area contributed by atoms with Crippen LogP contribution in [0.2, 0.25) is 0 Å². The number of likely N-dealkylation sites (tertiary alicyclic amines) is 1. The molecule has 0 saturated carbocycles. The van der Waals surface area contributed by atoms with Gasteiger partial charge in [0.15, 0.2) is 11.5 Å². The number of phenolic OH excluding ortho intramolecular Hbond substituents is 2. The normalized spacial score (nSPS) is 16.2. The lowest BCUT2D eigenvalue weighted by Crippen LogP contribution is -2.37. The Labute approximate surface area is 164 Å². The summed E-state index contributed by atoms with van der Waals surface area (Å²) < 4.78 is 5.12. The maximum absolute atomic E-state index is 12.0. The molecule has 6 nitrogen and oxygen atoms in total. The topological polar surface area (TPSA) is 82.9 Å². The molecule has 0 spiro atoms. The quantitative estimate of drug-likeness (QED) is 0.738. The number of hydrogen-bond donors (Lipinski definition) is 2. The number of hydrogen-bond acceptors (Lipinski definition) is 5. The molecule has 4 rings (SSSR count). The minimum atomic E-state index is -0.270. The predicted octanol–water partition coefficient (Wildman–Crippen LogP) is 3.65. The van der Waals surface area contributed by atoms with E-state index < -0.39 is 0 Å². The first kappa shape index (κ1) is 18.3. The number of benzene rings is 1. The van der Waals surface area contributed by atoms with Crippen molar-refractivity contribution < 1.29 is 19.7 Å². The second-order valence-electron chi connectivity index (χ2n) is 7.17. The van der Waals surface area contributed by atoms with Crippen LogP contribution in [-0.2, 0) is 17.6 Å². The average molecular weight is 380 g/mol. The predicted molar refractivity (Wildman–Crippen MR) is 105 cm³/mol. The van der Waals surface area contributed by atoms with Crippen molar-refractivity contribution in [3.8, 4) is 11.5 Å². The molecule has 1 aromatic heterocycles. The highest BCUT2D eigenvalue weighted by Gasteiger charge is 2.27. The van der Waals surface area contributed by atoms with Crippen LogP contribution in [0.4, 0.5) is 4.79 Å². The van der Waals surface area contributed by atoms with E-state index >= 15 is 0 Å². The smallest absolute Gasteiger partial charge is 0.409 e. The lowest BCUT2D eigenvalue weighted by molar-refractivity contribution is 0.104. The Hall–Kier alpha value is -3.02. The molecule has 0 radical (unpaired) electrons. The van der Waals surface area contributed by atoms with E-state index in [1.807, 2.05) is 13.0 Å². The zero-order valence-corrected chi connectivity index (χ0v) is 15.9. The van der Waals surface area contributed by atoms with Gasteiger partial charge < -0.3 is 19.8 Å². The van der Waals surface area contributed by atoms with E-state index in [0.29, 0.717) is 19.7 Å². The van der Waals surface area contributed by atoms with Gasteiger partial charge in [0.25, 0.3) is 0 Å². The molecular formula is C22H24N2O4. The van der Waals surface area contributed by atoms with Crippen molar-refractivity contribution in [2.24, 2.45) is 0 Å². The van der Waals surface area contributed by atoms with Crippen LogP contribution >= 0.6 is 0 Å². The van der Waals surface area contributed by atoms with Gasteiger partial charge in [-0.1, -0.05) is 11.6 Å². The largest absolute Gasteiger partial charge is 0.504 e. The number of aromatic nitrogens is 1. The number of phenols is 2. The van der Waals surface area contributed by atoms with Crippen molar-refractivity contribution in [1.29, 1.82) is 0 Å². The molecule has 1 saturated heterocycles. The van der Waals surface area contributed by atoms with Gasteiger partial charge in [-0.05, 0) is 67.5 Å². The maximum Gasteiger partial charge on any atom is 0.409 e. The van der Waals surface area contributed by atoms with Gasteiger partial charge in [-0.2, -0.15) is 0 Å². The van der Waals surface area contributed by atoms with E-state index in [9.17, 15) is 15.0 Å². The molecule has 0 unspecified atom stereocenters. The summed E-state index contributed by atoms with van der Waals surface area (Å²) in [5, 5.41) is 20.1. The number of carbonyl (C=O) groups excluding carboxylic acids is 1. The Morgan fingerprint density at radius 1 is 1.11 bits per heavy atom. The number of carbonyl (C=O) groups is 1. The molecular weight excluding hydrogens is 356 g/mol. The van der Waals surface area contributed by atoms with Gasteiger partial charge in [0.05, 0.1) is 12.3 Å². The van der Waals surface area contributed by atoms with Crippen LogP contribution in [0.3, 0.4) is 0 Å². The summed E-state index contributed by atoms with van der Waals surface area (Å²) in [7, 11) is 0. The number of aryl methyl sites for hydroxylation is 2. The SMILES string of the molecule is CCOC(=O)N1CCC(=C2c3cc(O)c(O)cc3CCc3cccnc32)CC1. The van der Waals surface area contributed by atoms with E-state index in [1.54, 1.807) is 23.2 Å². The molecule has 28 heavy (non-hydrogen) atoms. The van der Waals surface area contributed by atoms with Gasteiger partial charge in [0, 0.05) is 24.9 Å². The first-order valence-electron chi connectivity index (χ1n) is 9.71. The number of amides is 1. The van der Waals surface area contributed by atoms with Crippen molar-refractivity contribution in [2.75, 3.05) is 19.7 Å². The fourth-order valence-corrected chi connectivity index (χ4v) is 4.10. The number of nitrogens with zero attached hydrogens (tertiary/aromatic N) is 2. The Kier molecular flexibility index (Phi) is 4.94. The Balaban J connectivity index is 1.79. The molecule has 2 aliphatic rings. The third kappa shape index (κ3) is 3.30. The van der Waals surface area contributed by atoms with E-state index in [1.165, 1.54) is 5.57 Å². The average Bonchev–Trinajstić information content (AvgIpc) is 2.86. The molecule has 1 fully saturated rings. The second-order valence-corrected chi connectivity index (χ2v) is 7.17. The molecule has 146 valence electrons. The number of aromatic hydroxyl groups is 2. The van der Waals surface area contributed by atoms with Crippen LogP contribution in [0.15, 0.2) is 36.0 Å². The molecule has 0 bridgehead atoms. The number of rotatable bonds is 1. The molecule has 1 aromatic carbocycles. The Morgan fingerprint density at radius 3 is 2.57 bits per heavy atom. The highest BCUT2D eigenvalue weighted by Crippen LogP contribution is 2.41. The monoisotopic (exact) mass is 380 g/mol. The van der Waals surface area contributed by atoms with Crippen LogP contribution in [0.1, 0.15) is 42.1 Å². The van der Waals surface area contributed by atoms with Gasteiger partial charge in [-0.25, -0.2) is 4.79 Å². The standard InChI is InChI=1S/C22H24N2O4/c1-2-28-22(27)24-10-7-14(8-11-24)20-17-13-19(26)18(25)12-16(17)6-5-15-4-3-9-23-21(15)20/h3-4,9,12-13,25-26H,2,5-8,10-11H2,1H3. The number of piperidine rings is 1. The zero-order chi connectivity index (χ0) is 19.7. The number of pyridine rings is 1. The first-order valence-corrected chi connectivity index (χ1v) is 9.71. The number of fused-ring (bicyclic) bond motifs is 2. The molecule has 1 aliphatic heterocycles.